The Morgan fingerprint density at radius 2 is 1.73 bits per heavy atom. The first-order chi connectivity index (χ1) is 7.16. The molecule has 2 rings (SSSR count). The van der Waals surface area contributed by atoms with Crippen LogP contribution in [0.3, 0.4) is 0 Å². The summed E-state index contributed by atoms with van der Waals surface area (Å²) in [6, 6.07) is 4.30. The molecule has 0 atom stereocenters. The average Bonchev–Trinajstić information content (AvgIpc) is 2.17. The van der Waals surface area contributed by atoms with Crippen LogP contribution in [0, 0.1) is 13.8 Å². The van der Waals surface area contributed by atoms with Crippen molar-refractivity contribution >= 4 is 11.6 Å². The fraction of sp³-hybridized carbons (Fsp3) is 0.462. The van der Waals surface area contributed by atoms with Crippen molar-refractivity contribution in [2.75, 3.05) is 5.32 Å². The van der Waals surface area contributed by atoms with E-state index < -0.39 is 0 Å². The molecule has 1 amide bonds. The molecule has 0 saturated heterocycles. The van der Waals surface area contributed by atoms with Crippen LogP contribution < -0.4 is 5.32 Å². The summed E-state index contributed by atoms with van der Waals surface area (Å²) in [6.07, 6.45) is 3.85. The van der Waals surface area contributed by atoms with Crippen molar-refractivity contribution in [3.05, 3.63) is 28.8 Å². The molecule has 0 bridgehead atoms. The second kappa shape index (κ2) is 4.05. The van der Waals surface area contributed by atoms with Crippen LogP contribution in [0.4, 0.5) is 5.69 Å². The van der Waals surface area contributed by atoms with Crippen molar-refractivity contribution in [2.45, 2.75) is 39.5 Å². The lowest BCUT2D eigenvalue weighted by atomic mass is 9.98. The first-order valence-electron chi connectivity index (χ1n) is 5.57. The van der Waals surface area contributed by atoms with Gasteiger partial charge in [0.15, 0.2) is 0 Å². The zero-order valence-electron chi connectivity index (χ0n) is 9.39. The molecular weight excluding hydrogens is 186 g/mol. The summed E-state index contributed by atoms with van der Waals surface area (Å²) in [5, 5.41) is 2.99. The second-order valence-electron chi connectivity index (χ2n) is 4.35. The molecule has 1 aromatic rings. The predicted molar refractivity (Wildman–Crippen MR) is 62.1 cm³/mol. The van der Waals surface area contributed by atoms with Gasteiger partial charge < -0.3 is 5.32 Å². The van der Waals surface area contributed by atoms with Crippen LogP contribution in [-0.4, -0.2) is 5.91 Å². The van der Waals surface area contributed by atoms with Crippen molar-refractivity contribution < 1.29 is 4.79 Å². The highest BCUT2D eigenvalue weighted by Crippen LogP contribution is 2.25. The Morgan fingerprint density at radius 1 is 1.07 bits per heavy atom. The van der Waals surface area contributed by atoms with Crippen molar-refractivity contribution in [3.63, 3.8) is 0 Å². The number of hydrogen-bond donors (Lipinski definition) is 1. The van der Waals surface area contributed by atoms with E-state index in [0.29, 0.717) is 6.42 Å². The standard InChI is InChI=1S/C13H17NO/c1-9-7-11-5-3-4-6-13(15)14-12(11)8-10(9)2/h7-8H,3-6H2,1-2H3,(H,14,15). The number of nitrogens with one attached hydrogen (secondary N) is 1. The van der Waals surface area contributed by atoms with Gasteiger partial charge in [-0.3, -0.25) is 4.79 Å². The highest BCUT2D eigenvalue weighted by Gasteiger charge is 2.12. The number of anilines is 1. The zero-order valence-corrected chi connectivity index (χ0v) is 9.39. The molecule has 0 fully saturated rings. The van der Waals surface area contributed by atoms with Gasteiger partial charge in [0.1, 0.15) is 0 Å². The summed E-state index contributed by atoms with van der Waals surface area (Å²) in [5.41, 5.74) is 4.85. The van der Waals surface area contributed by atoms with Gasteiger partial charge in [-0.25, -0.2) is 0 Å². The van der Waals surface area contributed by atoms with Crippen molar-refractivity contribution in [3.8, 4) is 0 Å². The summed E-state index contributed by atoms with van der Waals surface area (Å²) >= 11 is 0. The molecule has 1 aliphatic heterocycles. The molecule has 1 aliphatic rings. The minimum absolute atomic E-state index is 0.152. The average molecular weight is 203 g/mol. The van der Waals surface area contributed by atoms with E-state index in [1.807, 2.05) is 0 Å². The molecule has 1 aromatic carbocycles. The van der Waals surface area contributed by atoms with Gasteiger partial charge in [0.2, 0.25) is 5.91 Å². The van der Waals surface area contributed by atoms with Gasteiger partial charge in [-0.2, -0.15) is 0 Å². The predicted octanol–water partition coefficient (Wildman–Crippen LogP) is 2.97. The molecule has 1 N–H and O–H groups in total. The highest BCUT2D eigenvalue weighted by molar-refractivity contribution is 5.91. The Balaban J connectivity index is 2.41. The summed E-state index contributed by atoms with van der Waals surface area (Å²) in [4.78, 5) is 11.5. The molecule has 0 aromatic heterocycles. The number of hydrogen-bond acceptors (Lipinski definition) is 1. The molecule has 0 saturated carbocycles. The third kappa shape index (κ3) is 2.20. The summed E-state index contributed by atoms with van der Waals surface area (Å²) in [6.45, 7) is 4.21. The number of carbonyl (C=O) groups is 1. The first kappa shape index (κ1) is 10.2. The summed E-state index contributed by atoms with van der Waals surface area (Å²) in [5.74, 6) is 0.152. The largest absolute Gasteiger partial charge is 0.326 e. The number of aryl methyl sites for hydroxylation is 3. The van der Waals surface area contributed by atoms with E-state index in [1.165, 1.54) is 16.7 Å². The lowest BCUT2D eigenvalue weighted by Crippen LogP contribution is -2.15. The minimum atomic E-state index is 0.152. The lowest BCUT2D eigenvalue weighted by molar-refractivity contribution is -0.116. The van der Waals surface area contributed by atoms with Gasteiger partial charge in [0.05, 0.1) is 0 Å². The molecular formula is C13H17NO. The summed E-state index contributed by atoms with van der Waals surface area (Å²) in [7, 11) is 0. The van der Waals surface area contributed by atoms with Gasteiger partial charge in [-0.1, -0.05) is 6.07 Å². The monoisotopic (exact) mass is 203 g/mol. The van der Waals surface area contributed by atoms with Crippen LogP contribution in [0.15, 0.2) is 12.1 Å². The Morgan fingerprint density at radius 3 is 2.53 bits per heavy atom. The molecule has 0 aliphatic carbocycles. The van der Waals surface area contributed by atoms with Crippen molar-refractivity contribution in [1.82, 2.24) is 0 Å². The van der Waals surface area contributed by atoms with E-state index in [2.05, 4.69) is 31.3 Å². The SMILES string of the molecule is Cc1cc2c(cc1C)NC(=O)CCCC2. The van der Waals surface area contributed by atoms with E-state index >= 15 is 0 Å². The Labute approximate surface area is 90.7 Å². The second-order valence-corrected chi connectivity index (χ2v) is 4.35. The molecule has 80 valence electrons. The van der Waals surface area contributed by atoms with Crippen LogP contribution >= 0.6 is 0 Å². The van der Waals surface area contributed by atoms with E-state index in [1.54, 1.807) is 0 Å². The number of amides is 1. The van der Waals surface area contributed by atoms with Crippen LogP contribution in [0.5, 0.6) is 0 Å². The topological polar surface area (TPSA) is 29.1 Å². The van der Waals surface area contributed by atoms with Gasteiger partial charge in [-0.05, 0) is 55.9 Å². The number of fused-ring (bicyclic) bond motifs is 1. The fourth-order valence-electron chi connectivity index (χ4n) is 2.01. The van der Waals surface area contributed by atoms with Gasteiger partial charge in [-0.15, -0.1) is 0 Å². The van der Waals surface area contributed by atoms with Gasteiger partial charge in [0.25, 0.3) is 0 Å². The van der Waals surface area contributed by atoms with Gasteiger partial charge in [0, 0.05) is 12.1 Å². The zero-order chi connectivity index (χ0) is 10.8. The Hall–Kier alpha value is -1.31. The number of carbonyl (C=O) groups excluding carboxylic acids is 1. The number of benzene rings is 1. The molecule has 1 heterocycles. The smallest absolute Gasteiger partial charge is 0.224 e. The van der Waals surface area contributed by atoms with Crippen LogP contribution in [0.25, 0.3) is 0 Å². The molecule has 0 spiro atoms. The van der Waals surface area contributed by atoms with E-state index in [0.717, 1.165) is 24.9 Å². The van der Waals surface area contributed by atoms with E-state index in [9.17, 15) is 4.79 Å². The molecule has 2 nitrogen and oxygen atoms in total. The van der Waals surface area contributed by atoms with Crippen molar-refractivity contribution in [1.29, 1.82) is 0 Å². The van der Waals surface area contributed by atoms with Crippen molar-refractivity contribution in [2.24, 2.45) is 0 Å². The van der Waals surface area contributed by atoms with Gasteiger partial charge >= 0.3 is 0 Å². The minimum Gasteiger partial charge on any atom is -0.326 e. The van der Waals surface area contributed by atoms with Crippen LogP contribution in [0.2, 0.25) is 0 Å². The fourth-order valence-corrected chi connectivity index (χ4v) is 2.01. The maximum absolute atomic E-state index is 11.5. The lowest BCUT2D eigenvalue weighted by Gasteiger charge is -2.16. The van der Waals surface area contributed by atoms with E-state index in [-0.39, 0.29) is 5.91 Å². The molecule has 2 heteroatoms. The highest BCUT2D eigenvalue weighted by atomic mass is 16.1. The quantitative estimate of drug-likeness (QED) is 0.690. The molecule has 0 unspecified atom stereocenters. The Bertz CT molecular complexity index is 396. The third-order valence-corrected chi connectivity index (χ3v) is 3.09. The summed E-state index contributed by atoms with van der Waals surface area (Å²) < 4.78 is 0. The maximum Gasteiger partial charge on any atom is 0.224 e. The van der Waals surface area contributed by atoms with Crippen LogP contribution in [-0.2, 0) is 11.2 Å². The van der Waals surface area contributed by atoms with Crippen LogP contribution in [0.1, 0.15) is 36.0 Å². The molecule has 0 radical (unpaired) electrons. The number of rotatable bonds is 0. The normalized spacial score (nSPS) is 16.3. The first-order valence-corrected chi connectivity index (χ1v) is 5.57. The Kier molecular flexibility index (Phi) is 2.76. The third-order valence-electron chi connectivity index (χ3n) is 3.09. The van der Waals surface area contributed by atoms with E-state index in [4.69, 9.17) is 0 Å². The molecule has 15 heavy (non-hydrogen) atoms. The maximum atomic E-state index is 11.5.